The van der Waals surface area contributed by atoms with Gasteiger partial charge in [0.25, 0.3) is 0 Å². The molecule has 0 amide bonds. The van der Waals surface area contributed by atoms with Crippen molar-refractivity contribution in [1.82, 2.24) is 19.5 Å². The van der Waals surface area contributed by atoms with E-state index in [4.69, 9.17) is 30.2 Å². The second-order valence-corrected chi connectivity index (χ2v) is 6.15. The number of methoxy groups -OCH3 is 2. The number of rotatable bonds is 6. The Bertz CT molecular complexity index is 718. The minimum Gasteiger partial charge on any atom is -0.382 e. The van der Waals surface area contributed by atoms with E-state index in [0.29, 0.717) is 17.8 Å². The molecule has 3 heterocycles. The molecule has 0 radical (unpaired) electrons. The number of aromatic nitrogens is 4. The third kappa shape index (κ3) is 3.03. The normalized spacial score (nSPS) is 27.6. The number of hydrogen-bond acceptors (Lipinski definition) is 10. The van der Waals surface area contributed by atoms with Gasteiger partial charge in [-0.05, 0) is 0 Å². The summed E-state index contributed by atoms with van der Waals surface area (Å²) in [5.74, 6) is 0.271. The fourth-order valence-electron chi connectivity index (χ4n) is 2.83. The summed E-state index contributed by atoms with van der Waals surface area (Å²) < 4.78 is 24.3. The Morgan fingerprint density at radius 2 is 2.12 bits per heavy atom. The van der Waals surface area contributed by atoms with Crippen LogP contribution in [0.5, 0.6) is 0 Å². The third-order valence-electron chi connectivity index (χ3n) is 3.82. The largest absolute Gasteiger partial charge is 0.382 e. The SMILES string of the molecule is COCC1OC(n2cnc3c(N)nc(N)nc32)C(OC)C1OPS. The smallest absolute Gasteiger partial charge is 0.224 e. The summed E-state index contributed by atoms with van der Waals surface area (Å²) in [4.78, 5) is 12.4. The molecule has 4 N–H and O–H groups in total. The van der Waals surface area contributed by atoms with Crippen LogP contribution in [0.15, 0.2) is 6.33 Å². The average Bonchev–Trinajstić information content (AvgIpc) is 3.10. The number of anilines is 2. The van der Waals surface area contributed by atoms with Crippen molar-refractivity contribution in [3.8, 4) is 0 Å². The fraction of sp³-hybridized carbons (Fsp3) is 0.583. The van der Waals surface area contributed by atoms with Crippen molar-refractivity contribution in [2.45, 2.75) is 24.5 Å². The fourth-order valence-corrected chi connectivity index (χ4v) is 3.60. The van der Waals surface area contributed by atoms with Crippen LogP contribution in [0.3, 0.4) is 0 Å². The standard InChI is InChI=1S/C12H19N6O4PS/c1-19-3-5-7(22-23-24)8(20-2)11(21-5)18-4-15-6-9(13)16-12(14)17-10(6)18/h4-5,7-8,11,23-24H,3H2,1-2H3,(H4,13,14,16,17). The van der Waals surface area contributed by atoms with E-state index in [9.17, 15) is 0 Å². The predicted molar refractivity (Wildman–Crippen MR) is 92.9 cm³/mol. The highest BCUT2D eigenvalue weighted by molar-refractivity contribution is 8.36. The first-order chi connectivity index (χ1) is 11.6. The maximum Gasteiger partial charge on any atom is 0.224 e. The number of fused-ring (bicyclic) bond motifs is 1. The molecule has 1 saturated heterocycles. The molecule has 1 aliphatic heterocycles. The van der Waals surface area contributed by atoms with Crippen molar-refractivity contribution in [3.63, 3.8) is 0 Å². The number of nitrogens with two attached hydrogens (primary N) is 2. The number of ether oxygens (including phenoxy) is 3. The van der Waals surface area contributed by atoms with Crippen LogP contribution in [0.2, 0.25) is 0 Å². The summed E-state index contributed by atoms with van der Waals surface area (Å²) in [6.07, 6.45) is -0.0207. The van der Waals surface area contributed by atoms with Gasteiger partial charge in [0.15, 0.2) is 17.7 Å². The lowest BCUT2D eigenvalue weighted by atomic mass is 10.1. The molecule has 1 fully saturated rings. The van der Waals surface area contributed by atoms with Gasteiger partial charge in [0.1, 0.15) is 23.8 Å². The summed E-state index contributed by atoms with van der Waals surface area (Å²) >= 11 is 4.16. The average molecular weight is 374 g/mol. The van der Waals surface area contributed by atoms with Crippen LogP contribution in [0, 0.1) is 0 Å². The highest BCUT2D eigenvalue weighted by atomic mass is 32.7. The van der Waals surface area contributed by atoms with Crippen LogP contribution in [-0.2, 0) is 18.7 Å². The first-order valence-electron chi connectivity index (χ1n) is 7.08. The van der Waals surface area contributed by atoms with Gasteiger partial charge in [-0.15, -0.1) is 12.2 Å². The van der Waals surface area contributed by atoms with E-state index < -0.39 is 12.3 Å². The lowest BCUT2D eigenvalue weighted by molar-refractivity contribution is -0.0628. The molecule has 0 saturated carbocycles. The minimum atomic E-state index is -0.525. The quantitative estimate of drug-likeness (QED) is 0.484. The van der Waals surface area contributed by atoms with Crippen molar-refractivity contribution >= 4 is 43.2 Å². The van der Waals surface area contributed by atoms with Crippen molar-refractivity contribution < 1.29 is 18.7 Å². The van der Waals surface area contributed by atoms with Crippen molar-refractivity contribution in [2.75, 3.05) is 32.3 Å². The molecule has 0 aliphatic carbocycles. The van der Waals surface area contributed by atoms with Gasteiger partial charge in [0.2, 0.25) is 5.95 Å². The molecule has 2 aromatic heterocycles. The molecule has 1 aliphatic rings. The van der Waals surface area contributed by atoms with Crippen molar-refractivity contribution in [1.29, 1.82) is 0 Å². The van der Waals surface area contributed by atoms with Gasteiger partial charge in [-0.25, -0.2) is 4.98 Å². The molecule has 0 aromatic carbocycles. The molecule has 0 spiro atoms. The Kier molecular flexibility index (Phi) is 5.38. The third-order valence-corrected chi connectivity index (χ3v) is 4.51. The zero-order chi connectivity index (χ0) is 17.3. The van der Waals surface area contributed by atoms with Gasteiger partial charge in [-0.2, -0.15) is 9.97 Å². The zero-order valence-corrected chi connectivity index (χ0v) is 15.0. The Morgan fingerprint density at radius 1 is 1.33 bits per heavy atom. The van der Waals surface area contributed by atoms with Crippen LogP contribution in [0.25, 0.3) is 11.2 Å². The van der Waals surface area contributed by atoms with Gasteiger partial charge in [-0.1, -0.05) is 0 Å². The zero-order valence-electron chi connectivity index (χ0n) is 13.1. The highest BCUT2D eigenvalue weighted by Crippen LogP contribution is 2.38. The highest BCUT2D eigenvalue weighted by Gasteiger charge is 2.47. The minimum absolute atomic E-state index is 0.00830. The Labute approximate surface area is 145 Å². The maximum absolute atomic E-state index is 6.08. The van der Waals surface area contributed by atoms with Gasteiger partial charge in [0, 0.05) is 14.2 Å². The molecule has 3 rings (SSSR count). The first-order valence-corrected chi connectivity index (χ1v) is 9.27. The van der Waals surface area contributed by atoms with E-state index in [1.165, 1.54) is 0 Å². The molecule has 5 unspecified atom stereocenters. The Morgan fingerprint density at radius 3 is 2.79 bits per heavy atom. The van der Waals surface area contributed by atoms with E-state index in [2.05, 4.69) is 27.2 Å². The lowest BCUT2D eigenvalue weighted by Crippen LogP contribution is -2.35. The Balaban J connectivity index is 2.01. The van der Waals surface area contributed by atoms with Crippen LogP contribution in [-0.4, -0.2) is 58.7 Å². The molecule has 5 atom stereocenters. The van der Waals surface area contributed by atoms with E-state index in [0.717, 1.165) is 0 Å². The monoisotopic (exact) mass is 374 g/mol. The second kappa shape index (κ2) is 7.34. The van der Waals surface area contributed by atoms with Gasteiger partial charge in [0.05, 0.1) is 20.9 Å². The summed E-state index contributed by atoms with van der Waals surface area (Å²) in [5.41, 5.74) is 12.5. The number of thiol groups is 1. The topological polar surface area (TPSA) is 133 Å². The Hall–Kier alpha value is -1.23. The van der Waals surface area contributed by atoms with Gasteiger partial charge < -0.3 is 30.2 Å². The van der Waals surface area contributed by atoms with E-state index in [1.807, 2.05) is 0 Å². The number of nitrogens with zero attached hydrogens (tertiary/aromatic N) is 4. The molecule has 2 aromatic rings. The lowest BCUT2D eigenvalue weighted by Gasteiger charge is -2.22. The molecule has 0 bridgehead atoms. The summed E-state index contributed by atoms with van der Waals surface area (Å²) in [6, 6.07) is 0. The number of nitrogen functional groups attached to an aromatic ring is 2. The molecule has 132 valence electrons. The summed E-state index contributed by atoms with van der Waals surface area (Å²) in [7, 11) is 3.18. The van der Waals surface area contributed by atoms with Crippen LogP contribution < -0.4 is 11.5 Å². The molecular weight excluding hydrogens is 355 g/mol. The second-order valence-electron chi connectivity index (χ2n) is 5.19. The maximum atomic E-state index is 6.08. The molecule has 10 nitrogen and oxygen atoms in total. The number of imidazole rings is 1. The molecular formula is C12H19N6O4PS. The molecule has 24 heavy (non-hydrogen) atoms. The predicted octanol–water partition coefficient (Wildman–Crippen LogP) is 0.373. The van der Waals surface area contributed by atoms with E-state index in [-0.39, 0.29) is 32.0 Å². The van der Waals surface area contributed by atoms with Crippen molar-refractivity contribution in [3.05, 3.63) is 6.33 Å². The van der Waals surface area contributed by atoms with Crippen LogP contribution in [0.4, 0.5) is 11.8 Å². The van der Waals surface area contributed by atoms with Crippen LogP contribution in [0.1, 0.15) is 6.23 Å². The summed E-state index contributed by atoms with van der Waals surface area (Å²) in [6.45, 7) is 0.352. The van der Waals surface area contributed by atoms with Crippen LogP contribution >= 0.6 is 20.3 Å². The van der Waals surface area contributed by atoms with Gasteiger partial charge in [-0.3, -0.25) is 4.57 Å². The van der Waals surface area contributed by atoms with E-state index in [1.54, 1.807) is 25.1 Å². The van der Waals surface area contributed by atoms with E-state index >= 15 is 0 Å². The summed E-state index contributed by atoms with van der Waals surface area (Å²) in [5, 5.41) is 0. The number of hydrogen-bond donors (Lipinski definition) is 3. The molecule has 12 heteroatoms. The first kappa shape index (κ1) is 17.6. The van der Waals surface area contributed by atoms with Gasteiger partial charge >= 0.3 is 0 Å². The van der Waals surface area contributed by atoms with Crippen molar-refractivity contribution in [2.24, 2.45) is 0 Å².